The van der Waals surface area contributed by atoms with Gasteiger partial charge in [-0.15, -0.1) is 5.10 Å². The van der Waals surface area contributed by atoms with Crippen LogP contribution in [0.2, 0.25) is 0 Å². The second kappa shape index (κ2) is 19.2. The lowest BCUT2D eigenvalue weighted by Crippen LogP contribution is -2.36. The third-order valence-corrected chi connectivity index (χ3v) is 7.72. The first-order valence-electron chi connectivity index (χ1n) is 13.7. The molecular formula is C25H43N6O7S. The topological polar surface area (TPSA) is 147 Å². The summed E-state index contributed by atoms with van der Waals surface area (Å²) in [6.45, 7) is 9.40. The number of thioether (sulfide) groups is 1. The maximum atomic E-state index is 12.0. The summed E-state index contributed by atoms with van der Waals surface area (Å²) in [5.41, 5.74) is 0.763. The van der Waals surface area contributed by atoms with E-state index in [-0.39, 0.29) is 24.0 Å². The van der Waals surface area contributed by atoms with Crippen LogP contribution >= 0.6 is 11.8 Å². The Morgan fingerprint density at radius 1 is 1.03 bits per heavy atom. The Labute approximate surface area is 234 Å². The Balaban J connectivity index is 1.03. The summed E-state index contributed by atoms with van der Waals surface area (Å²) >= 11 is 1.90. The molecule has 14 heteroatoms. The van der Waals surface area contributed by atoms with E-state index in [1.807, 2.05) is 18.0 Å². The summed E-state index contributed by atoms with van der Waals surface area (Å²) in [5.74, 6) is 1.01. The van der Waals surface area contributed by atoms with E-state index in [0.717, 1.165) is 30.7 Å². The van der Waals surface area contributed by atoms with E-state index in [4.69, 9.17) is 23.7 Å². The van der Waals surface area contributed by atoms with Crippen molar-refractivity contribution in [1.82, 2.24) is 30.9 Å². The summed E-state index contributed by atoms with van der Waals surface area (Å²) in [5, 5.41) is 17.4. The number of rotatable bonds is 23. The Morgan fingerprint density at radius 3 is 2.59 bits per heavy atom. The fourth-order valence-electron chi connectivity index (χ4n) is 4.24. The number of carbonyl (C=O) groups excluding carboxylic acids is 2. The minimum Gasteiger partial charge on any atom is -0.379 e. The zero-order chi connectivity index (χ0) is 27.5. The molecule has 0 saturated carbocycles. The van der Waals surface area contributed by atoms with Crippen molar-refractivity contribution in [2.75, 3.05) is 71.8 Å². The van der Waals surface area contributed by atoms with Crippen molar-refractivity contribution in [3.63, 3.8) is 0 Å². The minimum absolute atomic E-state index is 0.0469. The molecular weight excluding hydrogens is 528 g/mol. The lowest BCUT2D eigenvalue weighted by atomic mass is 10.0. The van der Waals surface area contributed by atoms with Gasteiger partial charge in [-0.05, 0) is 19.8 Å². The first-order valence-corrected chi connectivity index (χ1v) is 14.7. The second-order valence-electron chi connectivity index (χ2n) is 9.19. The van der Waals surface area contributed by atoms with Gasteiger partial charge in [0, 0.05) is 30.6 Å². The summed E-state index contributed by atoms with van der Waals surface area (Å²) in [6, 6.07) is 0.421. The molecule has 2 saturated heterocycles. The molecule has 3 N–H and O–H groups in total. The molecule has 1 aromatic heterocycles. The van der Waals surface area contributed by atoms with E-state index in [2.05, 4.69) is 33.2 Å². The normalized spacial score (nSPS) is 20.1. The van der Waals surface area contributed by atoms with Crippen molar-refractivity contribution in [3.05, 3.63) is 18.8 Å². The summed E-state index contributed by atoms with van der Waals surface area (Å²) < 4.78 is 28.8. The van der Waals surface area contributed by atoms with Crippen LogP contribution in [0.25, 0.3) is 0 Å². The molecule has 3 atom stereocenters. The van der Waals surface area contributed by atoms with Crippen LogP contribution in [0.5, 0.6) is 0 Å². The van der Waals surface area contributed by atoms with Gasteiger partial charge >= 0.3 is 6.03 Å². The Hall–Kier alpha value is -1.97. The minimum atomic E-state index is -0.0577. The Morgan fingerprint density at radius 2 is 1.77 bits per heavy atom. The second-order valence-corrected chi connectivity index (χ2v) is 10.5. The highest BCUT2D eigenvalue weighted by Gasteiger charge is 2.42. The maximum Gasteiger partial charge on any atom is 0.315 e. The third kappa shape index (κ3) is 12.8. The molecule has 3 heterocycles. The zero-order valence-corrected chi connectivity index (χ0v) is 23.5. The largest absolute Gasteiger partial charge is 0.379 e. The van der Waals surface area contributed by atoms with E-state index in [1.54, 1.807) is 4.68 Å². The number of fused-ring (bicyclic) bond motifs is 1. The number of urea groups is 1. The smallest absolute Gasteiger partial charge is 0.315 e. The van der Waals surface area contributed by atoms with Crippen molar-refractivity contribution >= 4 is 23.7 Å². The molecule has 221 valence electrons. The highest BCUT2D eigenvalue weighted by Crippen LogP contribution is 2.33. The van der Waals surface area contributed by atoms with Crippen LogP contribution in [0.1, 0.15) is 31.4 Å². The first kappa shape index (κ1) is 31.6. The third-order valence-electron chi connectivity index (χ3n) is 6.21. The number of unbranched alkanes of at least 4 members (excludes halogenated alkanes) is 1. The quantitative estimate of drug-likeness (QED) is 0.126. The average Bonchev–Trinajstić information content (AvgIpc) is 3.63. The monoisotopic (exact) mass is 571 g/mol. The number of nitrogens with zero attached hydrogens (tertiary/aromatic N) is 3. The van der Waals surface area contributed by atoms with Crippen molar-refractivity contribution in [3.8, 4) is 0 Å². The van der Waals surface area contributed by atoms with Crippen molar-refractivity contribution in [2.45, 2.75) is 56.2 Å². The van der Waals surface area contributed by atoms with Crippen LogP contribution < -0.4 is 16.0 Å². The van der Waals surface area contributed by atoms with Gasteiger partial charge in [-0.2, -0.15) is 11.8 Å². The number of amides is 3. The number of hydrogen-bond donors (Lipinski definition) is 3. The molecule has 1 radical (unpaired) electrons. The lowest BCUT2D eigenvalue weighted by molar-refractivity contribution is -0.121. The molecule has 2 aliphatic rings. The predicted octanol–water partition coefficient (Wildman–Crippen LogP) is 0.537. The van der Waals surface area contributed by atoms with Gasteiger partial charge in [0.2, 0.25) is 5.91 Å². The van der Waals surface area contributed by atoms with Gasteiger partial charge in [-0.3, -0.25) is 4.79 Å². The Bertz CT molecular complexity index is 833. The molecule has 0 unspecified atom stereocenters. The van der Waals surface area contributed by atoms with Crippen LogP contribution in [0.15, 0.2) is 6.20 Å². The summed E-state index contributed by atoms with van der Waals surface area (Å²) in [4.78, 5) is 23.4. The molecule has 2 aliphatic heterocycles. The van der Waals surface area contributed by atoms with Crippen molar-refractivity contribution < 1.29 is 33.3 Å². The van der Waals surface area contributed by atoms with Crippen LogP contribution in [0.3, 0.4) is 0 Å². The fourth-order valence-corrected chi connectivity index (χ4v) is 5.78. The molecule has 0 bridgehead atoms. The standard InChI is InChI=1S/C25H43N6O7S/c1-2-34-11-16-38-18-20-17-31(30-29-20)8-10-36-13-15-37-14-12-35-9-7-26-23(32)6-4-3-5-22-24-21(19-39-22)27-25(33)28-24/h17,21-22,24H,1-16,18-19H2,(H,26,32)(H2,27,28,33)/t21-,22-,24-/m1/s1. The number of aromatic nitrogens is 3. The van der Waals surface area contributed by atoms with E-state index >= 15 is 0 Å². The van der Waals surface area contributed by atoms with Crippen LogP contribution in [0, 0.1) is 6.92 Å². The average molecular weight is 572 g/mol. The van der Waals surface area contributed by atoms with Gasteiger partial charge < -0.3 is 39.6 Å². The molecule has 0 aliphatic carbocycles. The number of ether oxygens (including phenoxy) is 5. The van der Waals surface area contributed by atoms with Crippen LogP contribution in [0.4, 0.5) is 4.79 Å². The summed E-state index contributed by atoms with van der Waals surface area (Å²) in [6.07, 6.45) is 5.19. The summed E-state index contributed by atoms with van der Waals surface area (Å²) in [7, 11) is 0. The fraction of sp³-hybridized carbons (Fsp3) is 0.800. The SMILES string of the molecule is [CH2]COCCOCc1cn(CCOCCOCCOCCNC(=O)CCCC[C@H]2SC[C@H]3NC(=O)N[C@H]32)nn1. The van der Waals surface area contributed by atoms with Crippen molar-refractivity contribution in [1.29, 1.82) is 0 Å². The molecule has 3 rings (SSSR count). The maximum absolute atomic E-state index is 12.0. The van der Waals surface area contributed by atoms with Crippen molar-refractivity contribution in [2.24, 2.45) is 0 Å². The zero-order valence-electron chi connectivity index (χ0n) is 22.6. The molecule has 0 spiro atoms. The number of hydrogen-bond acceptors (Lipinski definition) is 10. The van der Waals surface area contributed by atoms with Crippen LogP contribution in [-0.2, 0) is 41.6 Å². The molecule has 3 amide bonds. The number of carbonyl (C=O) groups is 2. The van der Waals surface area contributed by atoms with Crippen LogP contribution in [-0.4, -0.2) is 116 Å². The van der Waals surface area contributed by atoms with E-state index in [1.165, 1.54) is 0 Å². The van der Waals surface area contributed by atoms with Gasteiger partial charge in [-0.1, -0.05) is 11.6 Å². The molecule has 13 nitrogen and oxygen atoms in total. The molecule has 0 aromatic carbocycles. The van der Waals surface area contributed by atoms with E-state index < -0.39 is 0 Å². The number of nitrogens with one attached hydrogen (secondary N) is 3. The highest BCUT2D eigenvalue weighted by molar-refractivity contribution is 8.00. The van der Waals surface area contributed by atoms with Gasteiger partial charge in [0.15, 0.2) is 0 Å². The molecule has 39 heavy (non-hydrogen) atoms. The first-order chi connectivity index (χ1) is 19.2. The highest BCUT2D eigenvalue weighted by atomic mass is 32.2. The van der Waals surface area contributed by atoms with Gasteiger partial charge in [0.05, 0.1) is 84.3 Å². The van der Waals surface area contributed by atoms with Gasteiger partial charge in [-0.25, -0.2) is 9.48 Å². The van der Waals surface area contributed by atoms with Gasteiger partial charge in [0.1, 0.15) is 5.69 Å². The van der Waals surface area contributed by atoms with Gasteiger partial charge in [0.25, 0.3) is 0 Å². The predicted molar refractivity (Wildman–Crippen MR) is 145 cm³/mol. The lowest BCUT2D eigenvalue weighted by Gasteiger charge is -2.16. The molecule has 1 aromatic rings. The van der Waals surface area contributed by atoms with E-state index in [0.29, 0.717) is 90.8 Å². The Kier molecular flexibility index (Phi) is 15.5. The van der Waals surface area contributed by atoms with E-state index in [9.17, 15) is 9.59 Å². The molecule has 2 fully saturated rings.